The van der Waals surface area contributed by atoms with E-state index in [0.717, 1.165) is 70.6 Å². The second-order valence-corrected chi connectivity index (χ2v) is 15.9. The summed E-state index contributed by atoms with van der Waals surface area (Å²) in [5, 5.41) is 49.9. The van der Waals surface area contributed by atoms with Crippen LogP contribution in [0.25, 0.3) is 0 Å². The van der Waals surface area contributed by atoms with Crippen molar-refractivity contribution in [3.05, 3.63) is 36.5 Å². The number of hydrogen-bond acceptors (Lipinski definition) is 12. The number of esters is 2. The van der Waals surface area contributed by atoms with E-state index in [1.807, 2.05) is 0 Å². The number of phosphoric ester groups is 1. The molecule has 0 aromatic heterocycles. The van der Waals surface area contributed by atoms with Gasteiger partial charge >= 0.3 is 19.8 Å². The summed E-state index contributed by atoms with van der Waals surface area (Å²) >= 11 is 0. The van der Waals surface area contributed by atoms with Gasteiger partial charge in [-0.1, -0.05) is 127 Å². The van der Waals surface area contributed by atoms with Gasteiger partial charge in [0.2, 0.25) is 0 Å². The van der Waals surface area contributed by atoms with Crippen LogP contribution in [0.15, 0.2) is 36.5 Å². The molecule has 6 unspecified atom stereocenters. The van der Waals surface area contributed by atoms with Gasteiger partial charge < -0.3 is 39.9 Å². The predicted octanol–water partition coefficient (Wildman–Crippen LogP) is 7.05. The molecule has 0 radical (unpaired) electrons. The molecule has 0 amide bonds. The van der Waals surface area contributed by atoms with Crippen LogP contribution >= 0.6 is 7.82 Å². The van der Waals surface area contributed by atoms with Crippen molar-refractivity contribution in [2.45, 2.75) is 198 Å². The van der Waals surface area contributed by atoms with Crippen LogP contribution in [-0.4, -0.2) is 98.3 Å². The van der Waals surface area contributed by atoms with E-state index >= 15 is 0 Å². The SMILES string of the molecule is CCCCC/C=C\C/C=C\C/C=C\CCCCCCC(=O)OC[C@H](COP(=O)(O)OC1C(O)C(O)C(O)[C@@H](O)C1O)OC(=O)CCCCCCCCCCC. The van der Waals surface area contributed by atoms with E-state index in [1.165, 1.54) is 44.9 Å². The number of phosphoric acid groups is 1. The van der Waals surface area contributed by atoms with Gasteiger partial charge in [-0.2, -0.15) is 0 Å². The summed E-state index contributed by atoms with van der Waals surface area (Å²) in [6.07, 6.45) is 20.8. The molecule has 8 atom stereocenters. The van der Waals surface area contributed by atoms with Crippen LogP contribution in [0.4, 0.5) is 0 Å². The molecule has 13 nitrogen and oxygen atoms in total. The molecule has 1 saturated carbocycles. The summed E-state index contributed by atoms with van der Waals surface area (Å²) in [7, 11) is -5.11. The number of aliphatic hydroxyl groups excluding tert-OH is 5. The summed E-state index contributed by atoms with van der Waals surface area (Å²) in [6, 6.07) is 0. The highest BCUT2D eigenvalue weighted by Crippen LogP contribution is 2.47. The van der Waals surface area contributed by atoms with Crippen molar-refractivity contribution in [3.63, 3.8) is 0 Å². The first-order valence-corrected chi connectivity index (χ1v) is 22.3. The molecular weight excluding hydrogens is 731 g/mol. The third-order valence-corrected chi connectivity index (χ3v) is 10.5. The topological polar surface area (TPSA) is 210 Å². The minimum Gasteiger partial charge on any atom is -0.462 e. The van der Waals surface area contributed by atoms with E-state index in [1.54, 1.807) is 0 Å². The molecule has 0 aromatic carbocycles. The van der Waals surface area contributed by atoms with E-state index in [0.29, 0.717) is 12.8 Å². The highest BCUT2D eigenvalue weighted by Gasteiger charge is 2.51. The van der Waals surface area contributed by atoms with Crippen LogP contribution in [0, 0.1) is 0 Å². The lowest BCUT2D eigenvalue weighted by atomic mass is 9.85. The van der Waals surface area contributed by atoms with Crippen molar-refractivity contribution in [3.8, 4) is 0 Å². The minimum absolute atomic E-state index is 0.0921. The number of carbonyl (C=O) groups excluding carboxylic acids is 2. The maximum atomic E-state index is 12.7. The van der Waals surface area contributed by atoms with Crippen molar-refractivity contribution < 1.29 is 63.1 Å². The molecule has 6 N–H and O–H groups in total. The summed E-state index contributed by atoms with van der Waals surface area (Å²) in [6.45, 7) is 3.19. The molecule has 0 aromatic rings. The van der Waals surface area contributed by atoms with Gasteiger partial charge in [0.1, 0.15) is 43.2 Å². The van der Waals surface area contributed by atoms with Crippen LogP contribution in [0.1, 0.15) is 155 Å². The lowest BCUT2D eigenvalue weighted by molar-refractivity contribution is -0.220. The van der Waals surface area contributed by atoms with Crippen molar-refractivity contribution in [1.82, 2.24) is 0 Å². The number of allylic oxidation sites excluding steroid dienone is 6. The molecule has 0 heterocycles. The fourth-order valence-corrected chi connectivity index (χ4v) is 7.03. The van der Waals surface area contributed by atoms with Crippen molar-refractivity contribution >= 4 is 19.8 Å². The zero-order valence-electron chi connectivity index (χ0n) is 33.5. The lowest BCUT2D eigenvalue weighted by Crippen LogP contribution is -2.64. The van der Waals surface area contributed by atoms with Crippen LogP contribution in [0.3, 0.4) is 0 Å². The minimum atomic E-state index is -5.11. The second kappa shape index (κ2) is 32.1. The Kier molecular flexibility index (Phi) is 29.8. The number of unbranched alkanes of at least 4 members (excludes halogenated alkanes) is 15. The molecule has 0 spiro atoms. The summed E-state index contributed by atoms with van der Waals surface area (Å²) in [4.78, 5) is 35.5. The van der Waals surface area contributed by atoms with E-state index in [-0.39, 0.29) is 12.8 Å². The molecule has 0 bridgehead atoms. The Labute approximate surface area is 329 Å². The quantitative estimate of drug-likeness (QED) is 0.0170. The molecule has 14 heteroatoms. The first kappa shape index (κ1) is 51.1. The number of rotatable bonds is 33. The van der Waals surface area contributed by atoms with Crippen LogP contribution in [-0.2, 0) is 32.7 Å². The monoisotopic (exact) mass is 804 g/mol. The van der Waals surface area contributed by atoms with Crippen LogP contribution < -0.4 is 0 Å². The van der Waals surface area contributed by atoms with E-state index in [9.17, 15) is 44.6 Å². The van der Waals surface area contributed by atoms with Gasteiger partial charge in [0, 0.05) is 12.8 Å². The lowest BCUT2D eigenvalue weighted by Gasteiger charge is -2.41. The molecule has 320 valence electrons. The molecule has 55 heavy (non-hydrogen) atoms. The Balaban J connectivity index is 2.49. The first-order valence-electron chi connectivity index (χ1n) is 20.8. The van der Waals surface area contributed by atoms with Gasteiger partial charge in [0.05, 0.1) is 6.61 Å². The third-order valence-electron chi connectivity index (χ3n) is 9.48. The summed E-state index contributed by atoms with van der Waals surface area (Å²) < 4.78 is 33.3. The molecule has 1 aliphatic rings. The highest BCUT2D eigenvalue weighted by atomic mass is 31.2. The van der Waals surface area contributed by atoms with Gasteiger partial charge in [-0.15, -0.1) is 0 Å². The first-order chi connectivity index (χ1) is 26.4. The van der Waals surface area contributed by atoms with E-state index in [4.69, 9.17) is 18.5 Å². The Morgan fingerprint density at radius 2 is 0.982 bits per heavy atom. The molecule has 1 rings (SSSR count). The Morgan fingerprint density at radius 1 is 0.564 bits per heavy atom. The highest BCUT2D eigenvalue weighted by molar-refractivity contribution is 7.47. The summed E-state index contributed by atoms with van der Waals surface area (Å²) in [5.41, 5.74) is 0. The average molecular weight is 805 g/mol. The smallest absolute Gasteiger partial charge is 0.462 e. The van der Waals surface area contributed by atoms with E-state index in [2.05, 4.69) is 50.3 Å². The normalized spacial score (nSPS) is 23.4. The third kappa shape index (κ3) is 25.1. The van der Waals surface area contributed by atoms with Gasteiger partial charge in [-0.05, 0) is 51.4 Å². The molecular formula is C41H73O13P. The van der Waals surface area contributed by atoms with Crippen molar-refractivity contribution in [2.75, 3.05) is 13.2 Å². The fourth-order valence-electron chi connectivity index (χ4n) is 6.06. The van der Waals surface area contributed by atoms with Crippen LogP contribution in [0.5, 0.6) is 0 Å². The van der Waals surface area contributed by atoms with Gasteiger partial charge in [-0.25, -0.2) is 4.57 Å². The van der Waals surface area contributed by atoms with Gasteiger partial charge in [0.25, 0.3) is 0 Å². The Hall–Kier alpha value is -1.93. The zero-order chi connectivity index (χ0) is 40.7. The maximum Gasteiger partial charge on any atom is 0.472 e. The van der Waals surface area contributed by atoms with Gasteiger partial charge in [-0.3, -0.25) is 18.6 Å². The number of carbonyl (C=O) groups is 2. The summed E-state index contributed by atoms with van der Waals surface area (Å²) in [5.74, 6) is -1.13. The number of ether oxygens (including phenoxy) is 2. The molecule has 0 saturated heterocycles. The zero-order valence-corrected chi connectivity index (χ0v) is 34.4. The van der Waals surface area contributed by atoms with Gasteiger partial charge in [0.15, 0.2) is 6.10 Å². The fraction of sp³-hybridized carbons (Fsp3) is 0.805. The maximum absolute atomic E-state index is 12.7. The molecule has 0 aliphatic heterocycles. The average Bonchev–Trinajstić information content (AvgIpc) is 3.16. The Morgan fingerprint density at radius 3 is 1.53 bits per heavy atom. The standard InChI is InChI=1S/C41H73O13P/c1-3-5-7-9-11-13-14-15-16-17-18-19-20-22-23-25-27-29-34(42)51-31-33(53-35(43)30-28-26-24-21-12-10-8-6-4-2)32-52-55(49,50)54-41-39(47)37(45)36(44)38(46)40(41)48/h11,13,15-16,18-19,33,36-41,44-48H,3-10,12,14,17,20-32H2,1-2H3,(H,49,50)/b13-11-,16-15-,19-18-/t33-,36?,37-,38?,39?,40?,41?/m1/s1. The number of aliphatic hydroxyl groups is 5. The molecule has 1 fully saturated rings. The predicted molar refractivity (Wildman–Crippen MR) is 212 cm³/mol. The largest absolute Gasteiger partial charge is 0.472 e. The van der Waals surface area contributed by atoms with Crippen molar-refractivity contribution in [2.24, 2.45) is 0 Å². The second-order valence-electron chi connectivity index (χ2n) is 14.5. The van der Waals surface area contributed by atoms with E-state index < -0.39 is 75.7 Å². The van der Waals surface area contributed by atoms with Crippen molar-refractivity contribution in [1.29, 1.82) is 0 Å². The Bertz CT molecular complexity index is 1110. The molecule has 1 aliphatic carbocycles. The van der Waals surface area contributed by atoms with Crippen LogP contribution in [0.2, 0.25) is 0 Å². The number of hydrogen-bond donors (Lipinski definition) is 6.